The molecule has 4 heteroatoms. The number of hydrogen-bond acceptors (Lipinski definition) is 3. The molecule has 0 radical (unpaired) electrons. The van der Waals surface area contributed by atoms with Crippen molar-refractivity contribution in [1.82, 2.24) is 0 Å². The Kier molecular flexibility index (Phi) is 6.16. The van der Waals surface area contributed by atoms with Gasteiger partial charge < -0.3 is 15.0 Å². The molecule has 4 nitrogen and oxygen atoms in total. The van der Waals surface area contributed by atoms with Crippen molar-refractivity contribution >= 4 is 17.3 Å². The molecular formula is C22H28N2O2. The van der Waals surface area contributed by atoms with Crippen LogP contribution in [0.4, 0.5) is 11.4 Å². The molecule has 3 rings (SSSR count). The second-order valence-electron chi connectivity index (χ2n) is 6.92. The first-order valence-corrected chi connectivity index (χ1v) is 9.54. The molecular weight excluding hydrogens is 324 g/mol. The molecule has 0 aliphatic carbocycles. The van der Waals surface area contributed by atoms with Gasteiger partial charge in [-0.1, -0.05) is 19.1 Å². The van der Waals surface area contributed by atoms with E-state index in [1.807, 2.05) is 36.4 Å². The first kappa shape index (κ1) is 18.3. The molecule has 1 saturated heterocycles. The molecule has 1 N–H and O–H groups in total. The summed E-state index contributed by atoms with van der Waals surface area (Å²) in [6.45, 7) is 5.51. The van der Waals surface area contributed by atoms with Gasteiger partial charge in [0.2, 0.25) is 0 Å². The average molecular weight is 352 g/mol. The topological polar surface area (TPSA) is 41.6 Å². The molecule has 1 heterocycles. The van der Waals surface area contributed by atoms with Gasteiger partial charge in [0.25, 0.3) is 5.91 Å². The number of ether oxygens (including phenoxy) is 1. The second kappa shape index (κ2) is 8.75. The zero-order chi connectivity index (χ0) is 18.4. The minimum Gasteiger partial charge on any atom is -0.484 e. The molecule has 0 bridgehead atoms. The number of aryl methyl sites for hydroxylation is 1. The second-order valence-corrected chi connectivity index (χ2v) is 6.92. The third-order valence-electron chi connectivity index (χ3n) is 4.99. The third kappa shape index (κ3) is 4.78. The number of piperidine rings is 1. The van der Waals surface area contributed by atoms with Crippen LogP contribution in [0, 0.1) is 0 Å². The summed E-state index contributed by atoms with van der Waals surface area (Å²) >= 11 is 0. The highest BCUT2D eigenvalue weighted by atomic mass is 16.5. The van der Waals surface area contributed by atoms with Gasteiger partial charge in [-0.15, -0.1) is 0 Å². The van der Waals surface area contributed by atoms with Crippen molar-refractivity contribution in [3.63, 3.8) is 0 Å². The maximum Gasteiger partial charge on any atom is 0.262 e. The summed E-state index contributed by atoms with van der Waals surface area (Å²) < 4.78 is 5.55. The Labute approximate surface area is 156 Å². The van der Waals surface area contributed by atoms with Crippen LogP contribution in [0.2, 0.25) is 0 Å². The Morgan fingerprint density at radius 1 is 1.12 bits per heavy atom. The van der Waals surface area contributed by atoms with Crippen LogP contribution < -0.4 is 15.0 Å². The molecule has 2 aromatic carbocycles. The number of anilines is 2. The standard InChI is InChI=1S/C22H28N2O2/c1-3-18-7-13-21(14-8-18)26-16-22(25)23-19-9-11-20(12-10-19)24-15-5-4-6-17(24)2/h7-14,17H,3-6,15-16H2,1-2H3,(H,23,25)/t17-/m0/s1. The number of carbonyl (C=O) groups is 1. The quantitative estimate of drug-likeness (QED) is 0.823. The number of amides is 1. The molecule has 1 fully saturated rings. The summed E-state index contributed by atoms with van der Waals surface area (Å²) in [5, 5.41) is 2.89. The fraction of sp³-hybridized carbons (Fsp3) is 0.409. The van der Waals surface area contributed by atoms with Crippen molar-refractivity contribution in [3.05, 3.63) is 54.1 Å². The van der Waals surface area contributed by atoms with E-state index in [0.29, 0.717) is 11.8 Å². The summed E-state index contributed by atoms with van der Waals surface area (Å²) in [4.78, 5) is 14.5. The number of nitrogens with one attached hydrogen (secondary N) is 1. The van der Waals surface area contributed by atoms with Crippen LogP contribution >= 0.6 is 0 Å². The Balaban J connectivity index is 1.50. The van der Waals surface area contributed by atoms with Crippen molar-refractivity contribution < 1.29 is 9.53 Å². The van der Waals surface area contributed by atoms with Crippen LogP contribution in [0.5, 0.6) is 5.75 Å². The zero-order valence-corrected chi connectivity index (χ0v) is 15.7. The largest absolute Gasteiger partial charge is 0.484 e. The molecule has 138 valence electrons. The van der Waals surface area contributed by atoms with Gasteiger partial charge in [-0.3, -0.25) is 4.79 Å². The van der Waals surface area contributed by atoms with Crippen LogP contribution in [-0.4, -0.2) is 25.1 Å². The summed E-state index contributed by atoms with van der Waals surface area (Å²) in [6, 6.07) is 16.5. The van der Waals surface area contributed by atoms with Crippen LogP contribution in [0.3, 0.4) is 0 Å². The molecule has 1 aliphatic rings. The smallest absolute Gasteiger partial charge is 0.262 e. The predicted molar refractivity (Wildman–Crippen MR) is 107 cm³/mol. The van der Waals surface area contributed by atoms with E-state index >= 15 is 0 Å². The summed E-state index contributed by atoms with van der Waals surface area (Å²) in [6.07, 6.45) is 4.80. The fourth-order valence-electron chi connectivity index (χ4n) is 3.39. The highest BCUT2D eigenvalue weighted by Crippen LogP contribution is 2.25. The lowest BCUT2D eigenvalue weighted by molar-refractivity contribution is -0.118. The van der Waals surface area contributed by atoms with E-state index in [4.69, 9.17) is 4.74 Å². The lowest BCUT2D eigenvalue weighted by atomic mass is 10.0. The molecule has 1 amide bonds. The third-order valence-corrected chi connectivity index (χ3v) is 4.99. The van der Waals surface area contributed by atoms with E-state index in [1.165, 1.54) is 30.5 Å². The van der Waals surface area contributed by atoms with Crippen molar-refractivity contribution in [2.45, 2.75) is 45.6 Å². The van der Waals surface area contributed by atoms with Crippen molar-refractivity contribution in [2.75, 3.05) is 23.4 Å². The number of hydrogen-bond donors (Lipinski definition) is 1. The molecule has 1 atom stereocenters. The Bertz CT molecular complexity index is 710. The summed E-state index contributed by atoms with van der Waals surface area (Å²) in [7, 11) is 0. The molecule has 26 heavy (non-hydrogen) atoms. The maximum atomic E-state index is 12.1. The van der Waals surface area contributed by atoms with E-state index in [-0.39, 0.29) is 12.5 Å². The number of nitrogens with zero attached hydrogens (tertiary/aromatic N) is 1. The minimum absolute atomic E-state index is 0.0103. The first-order valence-electron chi connectivity index (χ1n) is 9.54. The summed E-state index contributed by atoms with van der Waals surface area (Å²) in [5.74, 6) is 0.565. The van der Waals surface area contributed by atoms with E-state index in [1.54, 1.807) is 0 Å². The average Bonchev–Trinajstić information content (AvgIpc) is 2.68. The molecule has 0 saturated carbocycles. The Morgan fingerprint density at radius 2 is 1.85 bits per heavy atom. The molecule has 1 aliphatic heterocycles. The van der Waals surface area contributed by atoms with Crippen LogP contribution in [0.25, 0.3) is 0 Å². The number of carbonyl (C=O) groups excluding carboxylic acids is 1. The Hall–Kier alpha value is -2.49. The lowest BCUT2D eigenvalue weighted by Crippen LogP contribution is -2.37. The van der Waals surface area contributed by atoms with Gasteiger partial charge in [-0.2, -0.15) is 0 Å². The normalized spacial score (nSPS) is 17.0. The van der Waals surface area contributed by atoms with Gasteiger partial charge in [0.1, 0.15) is 5.75 Å². The van der Waals surface area contributed by atoms with Crippen molar-refractivity contribution in [1.29, 1.82) is 0 Å². The van der Waals surface area contributed by atoms with Crippen molar-refractivity contribution in [3.8, 4) is 5.75 Å². The monoisotopic (exact) mass is 352 g/mol. The van der Waals surface area contributed by atoms with E-state index in [0.717, 1.165) is 18.7 Å². The lowest BCUT2D eigenvalue weighted by Gasteiger charge is -2.35. The maximum absolute atomic E-state index is 12.1. The fourth-order valence-corrected chi connectivity index (χ4v) is 3.39. The SMILES string of the molecule is CCc1ccc(OCC(=O)Nc2ccc(N3CCCC[C@@H]3C)cc2)cc1. The van der Waals surface area contributed by atoms with E-state index in [9.17, 15) is 4.79 Å². The molecule has 2 aromatic rings. The van der Waals surface area contributed by atoms with Gasteiger partial charge in [0.05, 0.1) is 0 Å². The highest BCUT2D eigenvalue weighted by Gasteiger charge is 2.18. The van der Waals surface area contributed by atoms with Gasteiger partial charge in [0.15, 0.2) is 6.61 Å². The predicted octanol–water partition coefficient (Wildman–Crippen LogP) is 4.65. The van der Waals surface area contributed by atoms with E-state index in [2.05, 4.69) is 36.2 Å². The summed E-state index contributed by atoms with van der Waals surface area (Å²) in [5.41, 5.74) is 3.28. The van der Waals surface area contributed by atoms with Gasteiger partial charge in [-0.05, 0) is 74.6 Å². The van der Waals surface area contributed by atoms with E-state index < -0.39 is 0 Å². The minimum atomic E-state index is -0.149. The number of benzene rings is 2. The van der Waals surface area contributed by atoms with Gasteiger partial charge in [-0.25, -0.2) is 0 Å². The van der Waals surface area contributed by atoms with Crippen LogP contribution in [0.1, 0.15) is 38.7 Å². The molecule has 0 unspecified atom stereocenters. The van der Waals surface area contributed by atoms with Crippen LogP contribution in [-0.2, 0) is 11.2 Å². The molecule has 0 aromatic heterocycles. The van der Waals surface area contributed by atoms with Gasteiger partial charge >= 0.3 is 0 Å². The number of rotatable bonds is 6. The zero-order valence-electron chi connectivity index (χ0n) is 15.7. The Morgan fingerprint density at radius 3 is 2.50 bits per heavy atom. The first-order chi connectivity index (χ1) is 12.7. The molecule has 0 spiro atoms. The van der Waals surface area contributed by atoms with Crippen molar-refractivity contribution in [2.24, 2.45) is 0 Å². The van der Waals surface area contributed by atoms with Crippen LogP contribution in [0.15, 0.2) is 48.5 Å². The van der Waals surface area contributed by atoms with Gasteiger partial charge in [0, 0.05) is 24.0 Å². The highest BCUT2D eigenvalue weighted by molar-refractivity contribution is 5.92.